The Morgan fingerprint density at radius 2 is 2.23 bits per heavy atom. The van der Waals surface area contributed by atoms with Crippen LogP contribution in [0.2, 0.25) is 0 Å². The second-order valence-corrected chi connectivity index (χ2v) is 9.19. The Labute approximate surface area is 160 Å². The zero-order valence-electron chi connectivity index (χ0n) is 15.4. The number of thioether (sulfide) groups is 1. The van der Waals surface area contributed by atoms with Gasteiger partial charge in [-0.25, -0.2) is 4.98 Å². The number of nitrogens with zero attached hydrogens (tertiary/aromatic N) is 4. The molecule has 3 aromatic rings. The van der Waals surface area contributed by atoms with Crippen LogP contribution in [0, 0.1) is 12.8 Å². The van der Waals surface area contributed by atoms with E-state index in [1.165, 1.54) is 28.6 Å². The first kappa shape index (κ1) is 17.7. The topological polar surface area (TPSA) is 69.4 Å². The Hall–Kier alpha value is -1.67. The predicted octanol–water partition coefficient (Wildman–Crippen LogP) is 3.82. The van der Waals surface area contributed by atoms with Crippen LogP contribution < -0.4 is 0 Å². The zero-order valence-corrected chi connectivity index (χ0v) is 17.0. The maximum absolute atomic E-state index is 11.8. The zero-order chi connectivity index (χ0) is 18.4. The number of aromatic nitrogens is 4. The molecule has 3 aromatic heterocycles. The van der Waals surface area contributed by atoms with Crippen LogP contribution in [0.25, 0.3) is 15.9 Å². The first-order valence-electron chi connectivity index (χ1n) is 8.92. The lowest BCUT2D eigenvalue weighted by molar-refractivity contribution is -0.144. The van der Waals surface area contributed by atoms with Crippen molar-refractivity contribution in [1.82, 2.24) is 19.6 Å². The monoisotopic (exact) mass is 390 g/mol. The highest BCUT2D eigenvalue weighted by atomic mass is 32.2. The number of thiophene rings is 1. The van der Waals surface area contributed by atoms with E-state index < -0.39 is 0 Å². The molecule has 6 nitrogen and oxygen atoms in total. The summed E-state index contributed by atoms with van der Waals surface area (Å²) in [6.45, 7) is 7.97. The molecule has 1 aliphatic rings. The number of carbonyl (C=O) groups excluding carboxylic acids is 1. The number of hydrogen-bond donors (Lipinski definition) is 0. The fraction of sp³-hybridized carbons (Fsp3) is 0.556. The fourth-order valence-corrected chi connectivity index (χ4v) is 5.66. The molecule has 0 amide bonds. The summed E-state index contributed by atoms with van der Waals surface area (Å²) in [5.41, 5.74) is 2.25. The minimum atomic E-state index is -0.240. The van der Waals surface area contributed by atoms with Gasteiger partial charge in [0.25, 0.3) is 0 Å². The van der Waals surface area contributed by atoms with Crippen LogP contribution in [0.4, 0.5) is 0 Å². The quantitative estimate of drug-likeness (QED) is 0.498. The van der Waals surface area contributed by atoms with Crippen molar-refractivity contribution in [3.63, 3.8) is 0 Å². The van der Waals surface area contributed by atoms with E-state index in [1.807, 2.05) is 25.2 Å². The average molecular weight is 391 g/mol. The van der Waals surface area contributed by atoms with Crippen molar-refractivity contribution in [3.8, 4) is 0 Å². The van der Waals surface area contributed by atoms with E-state index in [-0.39, 0.29) is 17.8 Å². The second-order valence-electron chi connectivity index (χ2n) is 7.16. The molecule has 8 heteroatoms. The minimum Gasteiger partial charge on any atom is -0.462 e. The summed E-state index contributed by atoms with van der Waals surface area (Å²) in [7, 11) is 0. The predicted molar refractivity (Wildman–Crippen MR) is 104 cm³/mol. The summed E-state index contributed by atoms with van der Waals surface area (Å²) in [4.78, 5) is 19.2. The molecule has 0 fully saturated rings. The van der Waals surface area contributed by atoms with Gasteiger partial charge in [0.1, 0.15) is 10.7 Å². The molecule has 0 aliphatic heterocycles. The van der Waals surface area contributed by atoms with E-state index in [1.54, 1.807) is 11.3 Å². The van der Waals surface area contributed by atoms with Crippen LogP contribution in [0.1, 0.15) is 43.5 Å². The Bertz CT molecular complexity index is 992. The Morgan fingerprint density at radius 1 is 1.42 bits per heavy atom. The third kappa shape index (κ3) is 3.09. The van der Waals surface area contributed by atoms with Gasteiger partial charge in [0.05, 0.1) is 17.2 Å². The van der Waals surface area contributed by atoms with E-state index in [0.29, 0.717) is 5.16 Å². The van der Waals surface area contributed by atoms with Crippen molar-refractivity contribution in [2.75, 3.05) is 5.75 Å². The molecule has 0 spiro atoms. The Balaban J connectivity index is 1.74. The average Bonchev–Trinajstić information content (AvgIpc) is 3.12. The van der Waals surface area contributed by atoms with E-state index in [0.717, 1.165) is 40.4 Å². The van der Waals surface area contributed by atoms with Crippen molar-refractivity contribution in [2.45, 2.75) is 58.2 Å². The van der Waals surface area contributed by atoms with Crippen molar-refractivity contribution in [3.05, 3.63) is 16.3 Å². The van der Waals surface area contributed by atoms with Crippen molar-refractivity contribution in [2.24, 2.45) is 5.92 Å². The van der Waals surface area contributed by atoms with Gasteiger partial charge in [0.15, 0.2) is 10.8 Å². The van der Waals surface area contributed by atoms with Crippen molar-refractivity contribution in [1.29, 1.82) is 0 Å². The SMILES string of the molecule is Cc1nc2sc3c(c2c2nnc(SCC(=O)OC(C)C)n12)CC[C@H](C)C3. The number of aryl methyl sites for hydroxylation is 2. The number of fused-ring (bicyclic) bond motifs is 5. The minimum absolute atomic E-state index is 0.110. The summed E-state index contributed by atoms with van der Waals surface area (Å²) >= 11 is 3.14. The van der Waals surface area contributed by atoms with Gasteiger partial charge in [0, 0.05) is 4.88 Å². The number of ether oxygens (including phenoxy) is 1. The van der Waals surface area contributed by atoms with Gasteiger partial charge in [-0.2, -0.15) is 0 Å². The fourth-order valence-electron chi connectivity index (χ4n) is 3.48. The van der Waals surface area contributed by atoms with Crippen LogP contribution in [-0.2, 0) is 22.4 Å². The van der Waals surface area contributed by atoms with Crippen molar-refractivity contribution < 1.29 is 9.53 Å². The normalized spacial score (nSPS) is 17.2. The number of rotatable bonds is 4. The summed E-state index contributed by atoms with van der Waals surface area (Å²) in [6.07, 6.45) is 3.29. The third-order valence-corrected chi connectivity index (χ3v) is 6.67. The standard InChI is InChI=1S/C18H22N4O2S2/c1-9(2)24-14(23)8-25-18-21-20-16-15-12-6-5-10(3)7-13(12)26-17(15)19-11(4)22(16)18/h9-10H,5-8H2,1-4H3/t10-/m0/s1. The molecular weight excluding hydrogens is 368 g/mol. The van der Waals surface area contributed by atoms with Gasteiger partial charge in [-0.1, -0.05) is 18.7 Å². The van der Waals surface area contributed by atoms with Gasteiger partial charge >= 0.3 is 5.97 Å². The third-order valence-electron chi connectivity index (χ3n) is 4.62. The lowest BCUT2D eigenvalue weighted by Gasteiger charge is -2.17. The molecule has 4 rings (SSSR count). The smallest absolute Gasteiger partial charge is 0.316 e. The Morgan fingerprint density at radius 3 is 3.00 bits per heavy atom. The van der Waals surface area contributed by atoms with Crippen LogP contribution in [-0.4, -0.2) is 37.4 Å². The molecular formula is C18H22N4O2S2. The molecule has 0 aromatic carbocycles. The lowest BCUT2D eigenvalue weighted by Crippen LogP contribution is -2.13. The lowest BCUT2D eigenvalue weighted by atomic mass is 9.89. The van der Waals surface area contributed by atoms with Crippen LogP contribution in [0.3, 0.4) is 0 Å². The van der Waals surface area contributed by atoms with Gasteiger partial charge in [0.2, 0.25) is 0 Å². The summed E-state index contributed by atoms with van der Waals surface area (Å²) in [5, 5.41) is 10.6. The summed E-state index contributed by atoms with van der Waals surface area (Å²) < 4.78 is 7.17. The van der Waals surface area contributed by atoms with Gasteiger partial charge < -0.3 is 4.74 Å². The molecule has 1 aliphatic carbocycles. The van der Waals surface area contributed by atoms with E-state index in [9.17, 15) is 4.79 Å². The Kier molecular flexibility index (Phi) is 4.64. The summed E-state index contributed by atoms with van der Waals surface area (Å²) in [6, 6.07) is 0. The summed E-state index contributed by atoms with van der Waals surface area (Å²) in [5.74, 6) is 1.55. The van der Waals surface area contributed by atoms with Crippen molar-refractivity contribution >= 4 is 44.9 Å². The maximum Gasteiger partial charge on any atom is 0.316 e. The molecule has 0 radical (unpaired) electrons. The van der Waals surface area contributed by atoms with Crippen LogP contribution >= 0.6 is 23.1 Å². The maximum atomic E-state index is 11.8. The first-order chi connectivity index (χ1) is 12.4. The number of hydrogen-bond acceptors (Lipinski definition) is 7. The highest BCUT2D eigenvalue weighted by Gasteiger charge is 2.25. The number of carbonyl (C=O) groups is 1. The molecule has 0 bridgehead atoms. The molecule has 26 heavy (non-hydrogen) atoms. The molecule has 0 saturated heterocycles. The largest absolute Gasteiger partial charge is 0.462 e. The molecule has 0 N–H and O–H groups in total. The molecule has 0 saturated carbocycles. The van der Waals surface area contributed by atoms with Crippen LogP contribution in [0.5, 0.6) is 0 Å². The first-order valence-corrected chi connectivity index (χ1v) is 10.7. The van der Waals surface area contributed by atoms with Gasteiger partial charge in [-0.15, -0.1) is 21.5 Å². The highest BCUT2D eigenvalue weighted by molar-refractivity contribution is 7.99. The molecule has 3 heterocycles. The van der Waals surface area contributed by atoms with Gasteiger partial charge in [-0.05, 0) is 51.5 Å². The van der Waals surface area contributed by atoms with E-state index in [2.05, 4.69) is 17.1 Å². The van der Waals surface area contributed by atoms with Crippen LogP contribution in [0.15, 0.2) is 5.16 Å². The highest BCUT2D eigenvalue weighted by Crippen LogP contribution is 2.39. The van der Waals surface area contributed by atoms with E-state index >= 15 is 0 Å². The molecule has 1 atom stereocenters. The van der Waals surface area contributed by atoms with Gasteiger partial charge in [-0.3, -0.25) is 9.20 Å². The van der Waals surface area contributed by atoms with E-state index in [4.69, 9.17) is 9.72 Å². The number of esters is 1. The molecule has 0 unspecified atom stereocenters. The second kappa shape index (κ2) is 6.81. The molecule has 138 valence electrons.